The SMILES string of the molecule is CCS(=O)(=O)c1ccc2n[nH]c(=O)n2c1-c1ccc(OCC(C)(F)F)cn1. The monoisotopic (exact) mass is 398 g/mol. The molecule has 0 radical (unpaired) electrons. The second-order valence-corrected chi connectivity index (χ2v) is 8.16. The third-order valence-corrected chi connectivity index (χ3v) is 5.49. The van der Waals surface area contributed by atoms with Crippen LogP contribution in [0.15, 0.2) is 40.2 Å². The van der Waals surface area contributed by atoms with Crippen molar-refractivity contribution in [1.29, 1.82) is 0 Å². The molecule has 0 saturated heterocycles. The average molecular weight is 398 g/mol. The highest BCUT2D eigenvalue weighted by Gasteiger charge is 2.24. The smallest absolute Gasteiger partial charge is 0.348 e. The van der Waals surface area contributed by atoms with Gasteiger partial charge < -0.3 is 4.74 Å². The summed E-state index contributed by atoms with van der Waals surface area (Å²) < 4.78 is 56.8. The van der Waals surface area contributed by atoms with Crippen molar-refractivity contribution in [2.45, 2.75) is 24.7 Å². The maximum atomic E-state index is 12.9. The van der Waals surface area contributed by atoms with Gasteiger partial charge >= 0.3 is 5.69 Å². The van der Waals surface area contributed by atoms with Crippen LogP contribution in [0.5, 0.6) is 5.75 Å². The van der Waals surface area contributed by atoms with Gasteiger partial charge in [-0.2, -0.15) is 5.10 Å². The van der Waals surface area contributed by atoms with Gasteiger partial charge in [0, 0.05) is 6.92 Å². The number of alkyl halides is 2. The van der Waals surface area contributed by atoms with E-state index in [9.17, 15) is 22.0 Å². The molecule has 0 amide bonds. The van der Waals surface area contributed by atoms with Crippen LogP contribution >= 0.6 is 0 Å². The molecule has 3 rings (SSSR count). The Balaban J connectivity index is 2.14. The van der Waals surface area contributed by atoms with E-state index in [1.165, 1.54) is 37.4 Å². The zero-order valence-corrected chi connectivity index (χ0v) is 15.3. The van der Waals surface area contributed by atoms with Crippen LogP contribution in [0.1, 0.15) is 13.8 Å². The normalized spacial score (nSPS) is 12.4. The van der Waals surface area contributed by atoms with Gasteiger partial charge in [0.1, 0.15) is 5.75 Å². The summed E-state index contributed by atoms with van der Waals surface area (Å²) in [6.45, 7) is 1.39. The van der Waals surface area contributed by atoms with Crippen LogP contribution in [0.3, 0.4) is 0 Å². The van der Waals surface area contributed by atoms with E-state index in [1.807, 2.05) is 0 Å². The lowest BCUT2D eigenvalue weighted by molar-refractivity contribution is -0.0230. The standard InChI is InChI=1S/C16H16F2N4O4S/c1-3-27(24,25)12-6-7-13-20-21-15(23)22(13)14(12)11-5-4-10(8-19-11)26-9-16(2,17)18/h4-8H,3,9H2,1-2H3,(H,21,23). The maximum absolute atomic E-state index is 12.9. The second kappa shape index (κ2) is 6.72. The number of aromatic amines is 1. The van der Waals surface area contributed by atoms with Gasteiger partial charge in [-0.3, -0.25) is 4.98 Å². The average Bonchev–Trinajstić information content (AvgIpc) is 3.00. The largest absolute Gasteiger partial charge is 0.486 e. The summed E-state index contributed by atoms with van der Waals surface area (Å²) in [5.74, 6) is -3.09. The summed E-state index contributed by atoms with van der Waals surface area (Å²) in [6, 6.07) is 5.53. The third kappa shape index (κ3) is 3.82. The fourth-order valence-corrected chi connectivity index (χ4v) is 3.52. The van der Waals surface area contributed by atoms with Crippen LogP contribution in [-0.4, -0.2) is 46.3 Å². The molecule has 0 bridgehead atoms. The van der Waals surface area contributed by atoms with E-state index in [0.29, 0.717) is 0 Å². The van der Waals surface area contributed by atoms with Gasteiger partial charge in [0.25, 0.3) is 5.92 Å². The van der Waals surface area contributed by atoms with Crippen molar-refractivity contribution in [2.24, 2.45) is 0 Å². The van der Waals surface area contributed by atoms with Gasteiger partial charge in [-0.15, -0.1) is 0 Å². The predicted octanol–water partition coefficient (Wildman–Crippen LogP) is 1.91. The number of hydrogen-bond acceptors (Lipinski definition) is 6. The lowest BCUT2D eigenvalue weighted by Gasteiger charge is -2.13. The molecule has 0 aliphatic carbocycles. The molecule has 144 valence electrons. The Morgan fingerprint density at radius 2 is 2.00 bits per heavy atom. The Hall–Kier alpha value is -2.82. The number of aromatic nitrogens is 4. The van der Waals surface area contributed by atoms with E-state index in [0.717, 1.165) is 11.3 Å². The first-order chi connectivity index (χ1) is 12.6. The molecular formula is C16H16F2N4O4S. The highest BCUT2D eigenvalue weighted by Crippen LogP contribution is 2.28. The fraction of sp³-hybridized carbons (Fsp3) is 0.312. The summed E-state index contributed by atoms with van der Waals surface area (Å²) in [4.78, 5) is 16.1. The number of fused-ring (bicyclic) bond motifs is 1. The summed E-state index contributed by atoms with van der Waals surface area (Å²) in [5.41, 5.74) is -0.203. The molecule has 11 heteroatoms. The van der Waals surface area contributed by atoms with Gasteiger partial charge in [-0.1, -0.05) is 6.92 Å². The zero-order valence-electron chi connectivity index (χ0n) is 14.4. The van der Waals surface area contributed by atoms with E-state index in [1.54, 1.807) is 0 Å². The molecule has 3 heterocycles. The van der Waals surface area contributed by atoms with Crippen molar-refractivity contribution >= 4 is 15.5 Å². The second-order valence-electron chi connectivity index (χ2n) is 5.91. The summed E-state index contributed by atoms with van der Waals surface area (Å²) >= 11 is 0. The summed E-state index contributed by atoms with van der Waals surface area (Å²) in [6.07, 6.45) is 1.19. The van der Waals surface area contributed by atoms with Gasteiger partial charge in [0.05, 0.1) is 28.2 Å². The van der Waals surface area contributed by atoms with Crippen LogP contribution in [0.4, 0.5) is 8.78 Å². The van der Waals surface area contributed by atoms with Gasteiger partial charge in [0.2, 0.25) is 0 Å². The molecule has 0 aromatic carbocycles. The number of sulfone groups is 1. The number of H-pyrrole nitrogens is 1. The number of halogens is 2. The Labute approximate surface area is 152 Å². The Bertz CT molecular complexity index is 1130. The maximum Gasteiger partial charge on any atom is 0.348 e. The third-order valence-electron chi connectivity index (χ3n) is 3.73. The molecule has 3 aromatic rings. The molecular weight excluding hydrogens is 382 g/mol. The van der Waals surface area contributed by atoms with E-state index in [4.69, 9.17) is 4.74 Å². The lowest BCUT2D eigenvalue weighted by atomic mass is 10.2. The molecule has 0 spiro atoms. The minimum absolute atomic E-state index is 0.0421. The lowest BCUT2D eigenvalue weighted by Crippen LogP contribution is -2.21. The molecule has 0 atom stereocenters. The number of nitrogens with one attached hydrogen (secondary N) is 1. The van der Waals surface area contributed by atoms with E-state index in [2.05, 4.69) is 15.2 Å². The molecule has 0 aliphatic heterocycles. The fourth-order valence-electron chi connectivity index (χ4n) is 2.44. The van der Waals surface area contributed by atoms with Gasteiger partial charge in [-0.05, 0) is 24.3 Å². The van der Waals surface area contributed by atoms with Crippen LogP contribution in [-0.2, 0) is 9.84 Å². The Morgan fingerprint density at radius 1 is 1.26 bits per heavy atom. The molecule has 0 saturated carbocycles. The van der Waals surface area contributed by atoms with Crippen LogP contribution < -0.4 is 10.4 Å². The number of pyridine rings is 2. The molecule has 0 aliphatic rings. The van der Waals surface area contributed by atoms with Crippen molar-refractivity contribution < 1.29 is 21.9 Å². The van der Waals surface area contributed by atoms with Gasteiger partial charge in [-0.25, -0.2) is 31.5 Å². The van der Waals surface area contributed by atoms with E-state index < -0.39 is 28.1 Å². The quantitative estimate of drug-likeness (QED) is 0.680. The Kier molecular flexibility index (Phi) is 4.72. The van der Waals surface area contributed by atoms with Crippen LogP contribution in [0.2, 0.25) is 0 Å². The number of nitrogens with zero attached hydrogens (tertiary/aromatic N) is 3. The summed E-state index contributed by atoms with van der Waals surface area (Å²) in [5, 5.41) is 6.08. The first kappa shape index (κ1) is 19.0. The molecule has 3 aromatic heterocycles. The topological polar surface area (TPSA) is 106 Å². The van der Waals surface area contributed by atoms with Crippen molar-refractivity contribution in [3.8, 4) is 17.1 Å². The van der Waals surface area contributed by atoms with E-state index in [-0.39, 0.29) is 33.4 Å². The van der Waals surface area contributed by atoms with Crippen molar-refractivity contribution in [1.82, 2.24) is 19.6 Å². The minimum Gasteiger partial charge on any atom is -0.486 e. The molecule has 0 fully saturated rings. The highest BCUT2D eigenvalue weighted by molar-refractivity contribution is 7.91. The highest BCUT2D eigenvalue weighted by atomic mass is 32.2. The molecule has 1 N–H and O–H groups in total. The number of ether oxygens (including phenoxy) is 1. The molecule has 8 nitrogen and oxygen atoms in total. The van der Waals surface area contributed by atoms with E-state index >= 15 is 0 Å². The minimum atomic E-state index is -3.67. The molecule has 0 unspecified atom stereocenters. The first-order valence-electron chi connectivity index (χ1n) is 7.92. The first-order valence-corrected chi connectivity index (χ1v) is 9.57. The Morgan fingerprint density at radius 3 is 2.59 bits per heavy atom. The van der Waals surface area contributed by atoms with Crippen molar-refractivity contribution in [2.75, 3.05) is 12.4 Å². The summed E-state index contributed by atoms with van der Waals surface area (Å²) in [7, 11) is -3.67. The number of rotatable bonds is 6. The van der Waals surface area contributed by atoms with Crippen molar-refractivity contribution in [3.05, 3.63) is 40.9 Å². The number of hydrogen-bond donors (Lipinski definition) is 1. The van der Waals surface area contributed by atoms with Gasteiger partial charge in [0.15, 0.2) is 22.1 Å². The van der Waals surface area contributed by atoms with Crippen molar-refractivity contribution in [3.63, 3.8) is 0 Å². The van der Waals surface area contributed by atoms with Crippen LogP contribution in [0.25, 0.3) is 17.0 Å². The van der Waals surface area contributed by atoms with Crippen LogP contribution in [0, 0.1) is 0 Å². The zero-order chi connectivity index (χ0) is 19.8. The molecule has 27 heavy (non-hydrogen) atoms. The predicted molar refractivity (Wildman–Crippen MR) is 92.9 cm³/mol.